The number of fused-ring (bicyclic) bond motifs is 1. The number of anilines is 2. The second-order valence-electron chi connectivity index (χ2n) is 10.1. The van der Waals surface area contributed by atoms with E-state index in [9.17, 15) is 9.59 Å². The smallest absolute Gasteiger partial charge is 0.222 e. The normalized spacial score (nSPS) is 14.1. The Bertz CT molecular complexity index is 1250. The number of nitrogens with one attached hydrogen (secondary N) is 1. The van der Waals surface area contributed by atoms with Gasteiger partial charge in [0.1, 0.15) is 17.6 Å². The molecule has 3 aromatic rings. The second-order valence-corrected chi connectivity index (χ2v) is 10.1. The van der Waals surface area contributed by atoms with E-state index in [0.717, 1.165) is 93.0 Å². The molecule has 3 heterocycles. The molecule has 1 aliphatic heterocycles. The highest BCUT2D eigenvalue weighted by Gasteiger charge is 2.21. The van der Waals surface area contributed by atoms with E-state index in [1.54, 1.807) is 7.11 Å². The van der Waals surface area contributed by atoms with Crippen LogP contribution in [0.5, 0.6) is 5.75 Å². The predicted octanol–water partition coefficient (Wildman–Crippen LogP) is 3.69. The molecule has 0 aliphatic carbocycles. The molecule has 210 valence electrons. The van der Waals surface area contributed by atoms with Gasteiger partial charge in [0.15, 0.2) is 5.82 Å². The van der Waals surface area contributed by atoms with Gasteiger partial charge in [0.2, 0.25) is 11.9 Å². The van der Waals surface area contributed by atoms with Gasteiger partial charge >= 0.3 is 0 Å². The van der Waals surface area contributed by atoms with Crippen molar-refractivity contribution in [2.75, 3.05) is 50.9 Å². The van der Waals surface area contributed by atoms with E-state index in [-0.39, 0.29) is 11.9 Å². The fraction of sp³-hybridized carbons (Fsp3) is 0.517. The topological polar surface area (TPSA) is 119 Å². The largest absolute Gasteiger partial charge is 0.496 e. The molecule has 2 aromatic heterocycles. The van der Waals surface area contributed by atoms with Crippen LogP contribution < -0.4 is 15.8 Å². The highest BCUT2D eigenvalue weighted by atomic mass is 16.5. The van der Waals surface area contributed by atoms with Crippen LogP contribution in [0.4, 0.5) is 11.8 Å². The number of nitrogen functional groups attached to an aromatic ring is 1. The van der Waals surface area contributed by atoms with Crippen molar-refractivity contribution in [2.24, 2.45) is 0 Å². The molecule has 1 saturated heterocycles. The van der Waals surface area contributed by atoms with Crippen molar-refractivity contribution in [3.8, 4) is 5.75 Å². The first-order valence-corrected chi connectivity index (χ1v) is 14.0. The number of ether oxygens (including phenoxy) is 1. The van der Waals surface area contributed by atoms with Gasteiger partial charge in [-0.1, -0.05) is 31.9 Å². The number of hydrogen-bond donors (Lipinski definition) is 2. The third-order valence-corrected chi connectivity index (χ3v) is 7.24. The van der Waals surface area contributed by atoms with Crippen LogP contribution in [-0.2, 0) is 22.7 Å². The molecule has 0 saturated carbocycles. The van der Waals surface area contributed by atoms with Crippen molar-refractivity contribution >= 4 is 35.0 Å². The minimum Gasteiger partial charge on any atom is -0.496 e. The zero-order chi connectivity index (χ0) is 27.6. The highest BCUT2D eigenvalue weighted by molar-refractivity contribution is 5.87. The van der Waals surface area contributed by atoms with Crippen molar-refractivity contribution in [1.82, 2.24) is 24.3 Å². The summed E-state index contributed by atoms with van der Waals surface area (Å²) in [5.41, 5.74) is 9.97. The third-order valence-electron chi connectivity index (χ3n) is 7.24. The first-order valence-electron chi connectivity index (χ1n) is 14.0. The van der Waals surface area contributed by atoms with Gasteiger partial charge < -0.3 is 30.0 Å². The lowest BCUT2D eigenvalue weighted by atomic mass is 10.1. The Balaban J connectivity index is 1.41. The highest BCUT2D eigenvalue weighted by Crippen LogP contribution is 2.27. The maximum absolute atomic E-state index is 12.3. The van der Waals surface area contributed by atoms with Crippen molar-refractivity contribution in [2.45, 2.75) is 58.5 Å². The van der Waals surface area contributed by atoms with Crippen LogP contribution >= 0.6 is 0 Å². The van der Waals surface area contributed by atoms with Crippen molar-refractivity contribution < 1.29 is 14.3 Å². The van der Waals surface area contributed by atoms with Gasteiger partial charge in [-0.15, -0.1) is 0 Å². The number of aldehydes is 1. The molecule has 1 amide bonds. The number of nitrogens with two attached hydrogens (primary N) is 1. The molecule has 3 N–H and O–H groups in total. The first-order chi connectivity index (χ1) is 19.0. The number of piperazine rings is 1. The van der Waals surface area contributed by atoms with Crippen LogP contribution in [-0.4, -0.2) is 76.4 Å². The van der Waals surface area contributed by atoms with E-state index in [0.29, 0.717) is 25.8 Å². The van der Waals surface area contributed by atoms with Crippen molar-refractivity contribution in [1.29, 1.82) is 0 Å². The second kappa shape index (κ2) is 13.9. The molecular weight excluding hydrogens is 494 g/mol. The summed E-state index contributed by atoms with van der Waals surface area (Å²) in [7, 11) is 1.70. The summed E-state index contributed by atoms with van der Waals surface area (Å²) in [6, 6.07) is 8.35. The average molecular weight is 536 g/mol. The minimum atomic E-state index is 0.146. The number of nitrogens with zero attached hydrogens (tertiary/aromatic N) is 5. The molecule has 10 nitrogen and oxygen atoms in total. The number of hydrogen-bond acceptors (Lipinski definition) is 8. The van der Waals surface area contributed by atoms with Crippen molar-refractivity contribution in [3.05, 3.63) is 41.6 Å². The van der Waals surface area contributed by atoms with Crippen LogP contribution in [0.2, 0.25) is 0 Å². The molecule has 39 heavy (non-hydrogen) atoms. The molecule has 0 spiro atoms. The number of unbranched alkanes of at least 4 members (excludes halogenated alkanes) is 3. The quantitative estimate of drug-likeness (QED) is 0.237. The fourth-order valence-corrected chi connectivity index (χ4v) is 5.07. The van der Waals surface area contributed by atoms with E-state index in [4.69, 9.17) is 10.5 Å². The van der Waals surface area contributed by atoms with E-state index in [2.05, 4.69) is 49.9 Å². The number of methoxy groups -OCH3 is 1. The lowest BCUT2D eigenvalue weighted by molar-refractivity contribution is -0.133. The zero-order valence-corrected chi connectivity index (χ0v) is 23.2. The molecule has 10 heteroatoms. The van der Waals surface area contributed by atoms with Gasteiger partial charge in [-0.25, -0.2) is 4.98 Å². The summed E-state index contributed by atoms with van der Waals surface area (Å²) in [4.78, 5) is 36.0. The number of carbonyl (C=O) groups excluding carboxylic acids is 2. The SMILES string of the molecule is CCCCCNc1nc(N)nc2ccn(Cc3ccc(CN4CCN(C(=O)CCCC=O)CC4)cc3OC)c12. The maximum Gasteiger partial charge on any atom is 0.222 e. The molecule has 4 rings (SSSR count). The standard InChI is InChI=1S/C29H41N7O3/c1-3-4-6-12-31-28-27-24(32-29(30)33-28)11-13-36(27)21-23-10-9-22(19-25(23)39-2)20-34-14-16-35(17-15-34)26(38)8-5-7-18-37/h9-11,13,18-19H,3-8,12,14-17,20-21H2,1-2H3,(H3,30,31,32,33). The average Bonchev–Trinajstić information content (AvgIpc) is 3.34. The Kier molecular flexibility index (Phi) is 10.1. The Labute approximate surface area is 230 Å². The van der Waals surface area contributed by atoms with Gasteiger partial charge in [-0.2, -0.15) is 4.98 Å². The maximum atomic E-state index is 12.3. The lowest BCUT2D eigenvalue weighted by Crippen LogP contribution is -2.48. The van der Waals surface area contributed by atoms with E-state index in [1.165, 1.54) is 5.56 Å². The summed E-state index contributed by atoms with van der Waals surface area (Å²) in [6.45, 7) is 7.55. The summed E-state index contributed by atoms with van der Waals surface area (Å²) >= 11 is 0. The van der Waals surface area contributed by atoms with Crippen LogP contribution in [0, 0.1) is 0 Å². The Morgan fingerprint density at radius 2 is 1.92 bits per heavy atom. The van der Waals surface area contributed by atoms with Gasteiger partial charge in [0, 0.05) is 63.9 Å². The lowest BCUT2D eigenvalue weighted by Gasteiger charge is -2.35. The Morgan fingerprint density at radius 1 is 1.10 bits per heavy atom. The third kappa shape index (κ3) is 7.47. The molecule has 1 aliphatic rings. The van der Waals surface area contributed by atoms with Gasteiger partial charge in [0.25, 0.3) is 0 Å². The molecule has 1 aromatic carbocycles. The molecule has 0 radical (unpaired) electrons. The Hall–Kier alpha value is -3.66. The molecule has 0 unspecified atom stereocenters. The number of carbonyl (C=O) groups is 2. The summed E-state index contributed by atoms with van der Waals surface area (Å²) in [5.74, 6) is 2.01. The van der Waals surface area contributed by atoms with Crippen LogP contribution in [0.1, 0.15) is 56.6 Å². The number of rotatable bonds is 14. The number of benzene rings is 1. The summed E-state index contributed by atoms with van der Waals surface area (Å²) < 4.78 is 7.93. The minimum absolute atomic E-state index is 0.146. The van der Waals surface area contributed by atoms with Crippen LogP contribution in [0.15, 0.2) is 30.5 Å². The van der Waals surface area contributed by atoms with Crippen LogP contribution in [0.25, 0.3) is 11.0 Å². The van der Waals surface area contributed by atoms with Crippen molar-refractivity contribution in [3.63, 3.8) is 0 Å². The first kappa shape index (κ1) is 28.4. The van der Waals surface area contributed by atoms with Crippen LogP contribution in [0.3, 0.4) is 0 Å². The monoisotopic (exact) mass is 535 g/mol. The number of amides is 1. The van der Waals surface area contributed by atoms with Gasteiger partial charge in [-0.05, 0) is 30.5 Å². The fourth-order valence-electron chi connectivity index (χ4n) is 5.07. The Morgan fingerprint density at radius 3 is 2.67 bits per heavy atom. The summed E-state index contributed by atoms with van der Waals surface area (Å²) in [6.07, 6.45) is 7.82. The van der Waals surface area contributed by atoms with Gasteiger partial charge in [0.05, 0.1) is 19.2 Å². The number of aromatic nitrogens is 3. The molecule has 0 atom stereocenters. The van der Waals surface area contributed by atoms with Gasteiger partial charge in [-0.3, -0.25) is 9.69 Å². The van der Waals surface area contributed by atoms with E-state index >= 15 is 0 Å². The molecule has 0 bridgehead atoms. The van der Waals surface area contributed by atoms with E-state index < -0.39 is 0 Å². The molecule has 1 fully saturated rings. The predicted molar refractivity (Wildman–Crippen MR) is 154 cm³/mol. The van der Waals surface area contributed by atoms with E-state index in [1.807, 2.05) is 17.2 Å². The zero-order valence-electron chi connectivity index (χ0n) is 23.2. The summed E-state index contributed by atoms with van der Waals surface area (Å²) in [5, 5.41) is 3.45. The molecular formula is C29H41N7O3.